The number of amides is 1. The number of para-hydroxylation sites is 1. The van der Waals surface area contributed by atoms with Crippen molar-refractivity contribution in [2.24, 2.45) is 5.10 Å². The van der Waals surface area contributed by atoms with Crippen molar-refractivity contribution in [2.45, 2.75) is 19.4 Å². The molecule has 0 N–H and O–H groups in total. The van der Waals surface area contributed by atoms with E-state index in [9.17, 15) is 4.79 Å². The molecule has 3 aromatic rings. The Morgan fingerprint density at radius 2 is 1.96 bits per heavy atom. The van der Waals surface area contributed by atoms with Crippen molar-refractivity contribution in [1.82, 2.24) is 5.01 Å². The first kappa shape index (κ1) is 16.2. The number of benzene rings is 1. The van der Waals surface area contributed by atoms with E-state index in [-0.39, 0.29) is 17.7 Å². The van der Waals surface area contributed by atoms with Crippen LogP contribution < -0.4 is 4.74 Å². The smallest absolute Gasteiger partial charge is 0.310 e. The maximum Gasteiger partial charge on any atom is 0.310 e. The van der Waals surface area contributed by atoms with Gasteiger partial charge in [0, 0.05) is 12.0 Å². The molecule has 0 aliphatic carbocycles. The van der Waals surface area contributed by atoms with Gasteiger partial charge in [-0.05, 0) is 37.3 Å². The number of carbonyl (C=O) groups is 1. The predicted molar refractivity (Wildman–Crippen MR) is 95.1 cm³/mol. The van der Waals surface area contributed by atoms with E-state index in [0.717, 1.165) is 11.3 Å². The Kier molecular flexibility index (Phi) is 4.31. The maximum absolute atomic E-state index is 12.9. The minimum atomic E-state index is -0.298. The molecule has 132 valence electrons. The van der Waals surface area contributed by atoms with Gasteiger partial charge in [-0.25, -0.2) is 5.01 Å². The normalized spacial score (nSPS) is 16.6. The van der Waals surface area contributed by atoms with E-state index in [0.29, 0.717) is 24.5 Å². The van der Waals surface area contributed by atoms with Gasteiger partial charge in [0.15, 0.2) is 5.76 Å². The van der Waals surface area contributed by atoms with Gasteiger partial charge in [-0.15, -0.1) is 0 Å². The van der Waals surface area contributed by atoms with E-state index in [4.69, 9.17) is 13.6 Å². The molecule has 0 unspecified atom stereocenters. The molecule has 0 radical (unpaired) electrons. The lowest BCUT2D eigenvalue weighted by molar-refractivity contribution is 0.0676. The van der Waals surface area contributed by atoms with Gasteiger partial charge in [0.05, 0.1) is 25.2 Å². The molecule has 1 aliphatic heterocycles. The second-order valence-corrected chi connectivity index (χ2v) is 5.84. The molecule has 1 aromatic carbocycles. The zero-order valence-electron chi connectivity index (χ0n) is 14.3. The molecule has 3 heterocycles. The second kappa shape index (κ2) is 6.92. The fourth-order valence-corrected chi connectivity index (χ4v) is 3.09. The summed E-state index contributed by atoms with van der Waals surface area (Å²) in [7, 11) is 0. The Hall–Kier alpha value is -3.28. The van der Waals surface area contributed by atoms with Crippen LogP contribution in [0, 0.1) is 0 Å². The minimum Gasteiger partial charge on any atom is -0.494 e. The molecule has 6 nitrogen and oxygen atoms in total. The Morgan fingerprint density at radius 1 is 1.15 bits per heavy atom. The van der Waals surface area contributed by atoms with Gasteiger partial charge < -0.3 is 13.6 Å². The zero-order chi connectivity index (χ0) is 17.9. The second-order valence-electron chi connectivity index (χ2n) is 5.84. The van der Waals surface area contributed by atoms with E-state index >= 15 is 0 Å². The molecule has 4 rings (SSSR count). The van der Waals surface area contributed by atoms with Crippen molar-refractivity contribution < 1.29 is 18.4 Å². The van der Waals surface area contributed by atoms with E-state index < -0.39 is 0 Å². The van der Waals surface area contributed by atoms with Gasteiger partial charge in [0.2, 0.25) is 0 Å². The fraction of sp³-hybridized carbons (Fsp3) is 0.200. The summed E-state index contributed by atoms with van der Waals surface area (Å²) in [5.74, 6) is 1.34. The molecule has 2 aromatic heterocycles. The van der Waals surface area contributed by atoms with Crippen LogP contribution in [-0.4, -0.2) is 23.2 Å². The predicted octanol–water partition coefficient (Wildman–Crippen LogP) is 4.26. The Balaban J connectivity index is 1.74. The highest BCUT2D eigenvalue weighted by atomic mass is 16.5. The number of hydrogen-bond donors (Lipinski definition) is 0. The van der Waals surface area contributed by atoms with Gasteiger partial charge in [-0.2, -0.15) is 5.10 Å². The molecule has 0 fully saturated rings. The molecule has 0 saturated heterocycles. The van der Waals surface area contributed by atoms with Gasteiger partial charge >= 0.3 is 5.91 Å². The van der Waals surface area contributed by atoms with Crippen LogP contribution in [-0.2, 0) is 0 Å². The zero-order valence-corrected chi connectivity index (χ0v) is 14.3. The van der Waals surface area contributed by atoms with Crippen LogP contribution in [0.3, 0.4) is 0 Å². The molecule has 0 spiro atoms. The summed E-state index contributed by atoms with van der Waals surface area (Å²) in [6, 6.07) is 14.4. The molecule has 0 bridgehead atoms. The molecule has 1 aliphatic rings. The largest absolute Gasteiger partial charge is 0.494 e. The summed E-state index contributed by atoms with van der Waals surface area (Å²) >= 11 is 0. The topological polar surface area (TPSA) is 68.2 Å². The Labute approximate surface area is 150 Å². The fourth-order valence-electron chi connectivity index (χ4n) is 3.09. The maximum atomic E-state index is 12.9. The summed E-state index contributed by atoms with van der Waals surface area (Å²) in [5, 5.41) is 5.99. The monoisotopic (exact) mass is 350 g/mol. The van der Waals surface area contributed by atoms with Crippen LogP contribution >= 0.6 is 0 Å². The lowest BCUT2D eigenvalue weighted by Gasteiger charge is -2.23. The number of furan rings is 2. The standard InChI is InChI=1S/C20H18N2O4/c1-2-24-17-8-4-3-7-14(17)16-13-15(18-9-5-11-25-18)21-22(16)20(23)19-10-6-12-26-19/h3-12,16H,2,13H2,1H3/t16-/m1/s1. The van der Waals surface area contributed by atoms with E-state index in [1.54, 1.807) is 24.5 Å². The summed E-state index contributed by atoms with van der Waals surface area (Å²) in [4.78, 5) is 12.9. The van der Waals surface area contributed by atoms with E-state index in [1.807, 2.05) is 37.3 Å². The van der Waals surface area contributed by atoms with Gasteiger partial charge in [0.25, 0.3) is 0 Å². The Morgan fingerprint density at radius 3 is 2.69 bits per heavy atom. The molecular formula is C20H18N2O4. The van der Waals surface area contributed by atoms with Crippen molar-refractivity contribution in [3.05, 3.63) is 78.1 Å². The molecule has 6 heteroatoms. The highest BCUT2D eigenvalue weighted by Gasteiger charge is 2.36. The van der Waals surface area contributed by atoms with Crippen LogP contribution in [0.15, 0.2) is 75.0 Å². The molecule has 26 heavy (non-hydrogen) atoms. The van der Waals surface area contributed by atoms with Crippen LogP contribution in [0.4, 0.5) is 0 Å². The number of rotatable bonds is 5. The van der Waals surface area contributed by atoms with Crippen molar-refractivity contribution in [2.75, 3.05) is 6.61 Å². The SMILES string of the molecule is CCOc1ccccc1[C@H]1CC(c2ccco2)=NN1C(=O)c1ccco1. The number of hydrogen-bond acceptors (Lipinski definition) is 5. The summed E-state index contributed by atoms with van der Waals surface area (Å²) in [5.41, 5.74) is 1.62. The molecule has 0 saturated carbocycles. The van der Waals surface area contributed by atoms with Gasteiger partial charge in [-0.3, -0.25) is 4.79 Å². The molecular weight excluding hydrogens is 332 g/mol. The minimum absolute atomic E-state index is 0.244. The highest BCUT2D eigenvalue weighted by Crippen LogP contribution is 2.38. The van der Waals surface area contributed by atoms with Gasteiger partial charge in [-0.1, -0.05) is 18.2 Å². The summed E-state index contributed by atoms with van der Waals surface area (Å²) in [6.07, 6.45) is 3.60. The van der Waals surface area contributed by atoms with E-state index in [1.165, 1.54) is 11.3 Å². The first-order chi connectivity index (χ1) is 12.8. The van der Waals surface area contributed by atoms with Crippen molar-refractivity contribution in [3.8, 4) is 5.75 Å². The third kappa shape index (κ3) is 2.90. The Bertz CT molecular complexity index is 913. The first-order valence-electron chi connectivity index (χ1n) is 8.48. The van der Waals surface area contributed by atoms with Gasteiger partial charge in [0.1, 0.15) is 17.2 Å². The number of ether oxygens (including phenoxy) is 1. The first-order valence-corrected chi connectivity index (χ1v) is 8.48. The summed E-state index contributed by atoms with van der Waals surface area (Å²) in [6.45, 7) is 2.48. The third-order valence-electron chi connectivity index (χ3n) is 4.23. The average Bonchev–Trinajstić information content (AvgIpc) is 3.42. The molecule has 1 atom stereocenters. The summed E-state index contributed by atoms with van der Waals surface area (Å²) < 4.78 is 16.5. The van der Waals surface area contributed by atoms with Crippen molar-refractivity contribution in [3.63, 3.8) is 0 Å². The van der Waals surface area contributed by atoms with Crippen LogP contribution in [0.5, 0.6) is 5.75 Å². The third-order valence-corrected chi connectivity index (χ3v) is 4.23. The van der Waals surface area contributed by atoms with Crippen molar-refractivity contribution >= 4 is 11.6 Å². The quantitative estimate of drug-likeness (QED) is 0.689. The lowest BCUT2D eigenvalue weighted by atomic mass is 9.99. The number of hydrazone groups is 1. The van der Waals surface area contributed by atoms with Crippen LogP contribution in [0.1, 0.15) is 41.3 Å². The van der Waals surface area contributed by atoms with E-state index in [2.05, 4.69) is 5.10 Å². The van der Waals surface area contributed by atoms with Crippen molar-refractivity contribution in [1.29, 1.82) is 0 Å². The van der Waals surface area contributed by atoms with Crippen LogP contribution in [0.2, 0.25) is 0 Å². The van der Waals surface area contributed by atoms with Crippen LogP contribution in [0.25, 0.3) is 0 Å². The number of carbonyl (C=O) groups excluding carboxylic acids is 1. The average molecular weight is 350 g/mol. The lowest BCUT2D eigenvalue weighted by Crippen LogP contribution is -2.27. The molecule has 1 amide bonds. The number of nitrogens with zero attached hydrogens (tertiary/aromatic N) is 2. The highest BCUT2D eigenvalue weighted by molar-refractivity contribution is 6.02.